The largest absolute Gasteiger partial charge is 0.393 e. The summed E-state index contributed by atoms with van der Waals surface area (Å²) in [6.45, 7) is 0. The van der Waals surface area contributed by atoms with Gasteiger partial charge in [-0.25, -0.2) is 4.79 Å². The first-order chi connectivity index (χ1) is 5.91. The van der Waals surface area contributed by atoms with E-state index in [-0.39, 0.29) is 6.42 Å². The number of hydrogen-bond donors (Lipinski definition) is 2. The van der Waals surface area contributed by atoms with Gasteiger partial charge in [0.05, 0.1) is 5.92 Å². The van der Waals surface area contributed by atoms with Gasteiger partial charge in [-0.1, -0.05) is 6.42 Å². The van der Waals surface area contributed by atoms with Crippen molar-refractivity contribution in [2.24, 2.45) is 11.7 Å². The molecule has 0 aliphatic heterocycles. The van der Waals surface area contributed by atoms with E-state index in [1.54, 1.807) is 0 Å². The molecule has 1 aliphatic carbocycles. The highest BCUT2D eigenvalue weighted by Crippen LogP contribution is 2.38. The second-order valence-corrected chi connectivity index (χ2v) is 3.19. The summed E-state index contributed by atoms with van der Waals surface area (Å²) in [6, 6.07) is -1.72. The number of primary amides is 1. The Morgan fingerprint density at radius 2 is 2.00 bits per heavy atom. The first kappa shape index (κ1) is 10.1. The molecule has 3 nitrogen and oxygen atoms in total. The lowest BCUT2D eigenvalue weighted by atomic mass is 10.0. The molecule has 0 aromatic rings. The normalized spacial score (nSPS) is 28.8. The zero-order chi connectivity index (χ0) is 10.1. The van der Waals surface area contributed by atoms with Crippen LogP contribution in [-0.2, 0) is 0 Å². The van der Waals surface area contributed by atoms with Crippen LogP contribution in [0.5, 0.6) is 0 Å². The number of carbonyl (C=O) groups is 1. The Morgan fingerprint density at radius 3 is 2.46 bits per heavy atom. The number of hydrogen-bond acceptors (Lipinski definition) is 1. The third-order valence-corrected chi connectivity index (χ3v) is 2.26. The Hall–Kier alpha value is -0.940. The third kappa shape index (κ3) is 2.50. The van der Waals surface area contributed by atoms with E-state index in [0.717, 1.165) is 0 Å². The number of nitrogens with two attached hydrogens (primary N) is 1. The standard InChI is InChI=1S/C7H11F3N2O/c8-7(9,10)4-2-1-3-5(4)12-6(11)13/h4-5H,1-3H2,(H3,11,12,13)/t4-,5+/m1/s1. The van der Waals surface area contributed by atoms with Crippen molar-refractivity contribution in [2.45, 2.75) is 31.5 Å². The summed E-state index contributed by atoms with van der Waals surface area (Å²) < 4.78 is 36.8. The predicted molar refractivity (Wildman–Crippen MR) is 39.9 cm³/mol. The van der Waals surface area contributed by atoms with E-state index in [1.807, 2.05) is 0 Å². The summed E-state index contributed by atoms with van der Waals surface area (Å²) in [4.78, 5) is 10.4. The van der Waals surface area contributed by atoms with Crippen LogP contribution >= 0.6 is 0 Å². The van der Waals surface area contributed by atoms with Gasteiger partial charge in [-0.15, -0.1) is 0 Å². The molecular weight excluding hydrogens is 185 g/mol. The average molecular weight is 196 g/mol. The van der Waals surface area contributed by atoms with Gasteiger partial charge in [0.2, 0.25) is 0 Å². The summed E-state index contributed by atoms with van der Waals surface area (Å²) in [6.07, 6.45) is -3.32. The molecule has 76 valence electrons. The lowest BCUT2D eigenvalue weighted by molar-refractivity contribution is -0.176. The number of alkyl halides is 3. The van der Waals surface area contributed by atoms with Crippen LogP contribution in [0.4, 0.5) is 18.0 Å². The Labute approximate surface area is 73.5 Å². The van der Waals surface area contributed by atoms with Gasteiger partial charge in [-0.3, -0.25) is 0 Å². The van der Waals surface area contributed by atoms with Crippen molar-refractivity contribution in [1.82, 2.24) is 5.32 Å². The second kappa shape index (κ2) is 3.43. The van der Waals surface area contributed by atoms with E-state index < -0.39 is 24.2 Å². The lowest BCUT2D eigenvalue weighted by Crippen LogP contribution is -2.45. The molecule has 1 saturated carbocycles. The molecule has 2 amide bonds. The van der Waals surface area contributed by atoms with Gasteiger partial charge in [0.15, 0.2) is 0 Å². The van der Waals surface area contributed by atoms with Crippen molar-refractivity contribution < 1.29 is 18.0 Å². The molecule has 0 unspecified atom stereocenters. The van der Waals surface area contributed by atoms with Crippen molar-refractivity contribution in [3.05, 3.63) is 0 Å². The number of nitrogens with one attached hydrogen (secondary N) is 1. The maximum Gasteiger partial charge on any atom is 0.393 e. The Kier molecular flexibility index (Phi) is 2.68. The molecule has 0 spiro atoms. The molecule has 0 saturated heterocycles. The molecular formula is C7H11F3N2O. The van der Waals surface area contributed by atoms with Crippen LogP contribution in [0.15, 0.2) is 0 Å². The zero-order valence-electron chi connectivity index (χ0n) is 6.90. The summed E-state index contributed by atoms with van der Waals surface area (Å²) >= 11 is 0. The molecule has 6 heteroatoms. The maximum atomic E-state index is 12.3. The molecule has 0 heterocycles. The van der Waals surface area contributed by atoms with Gasteiger partial charge in [-0.2, -0.15) is 13.2 Å². The van der Waals surface area contributed by atoms with E-state index in [1.165, 1.54) is 0 Å². The molecule has 13 heavy (non-hydrogen) atoms. The van der Waals surface area contributed by atoms with Crippen molar-refractivity contribution in [3.63, 3.8) is 0 Å². The van der Waals surface area contributed by atoms with E-state index in [2.05, 4.69) is 5.32 Å². The van der Waals surface area contributed by atoms with Crippen LogP contribution < -0.4 is 11.1 Å². The lowest BCUT2D eigenvalue weighted by Gasteiger charge is -2.22. The fourth-order valence-electron chi connectivity index (χ4n) is 1.71. The fraction of sp³-hybridized carbons (Fsp3) is 0.857. The minimum absolute atomic E-state index is 0.0778. The van der Waals surface area contributed by atoms with Crippen LogP contribution in [0.25, 0.3) is 0 Å². The highest BCUT2D eigenvalue weighted by atomic mass is 19.4. The highest BCUT2D eigenvalue weighted by molar-refractivity contribution is 5.72. The molecule has 0 aromatic carbocycles. The Bertz CT molecular complexity index is 204. The van der Waals surface area contributed by atoms with E-state index in [9.17, 15) is 18.0 Å². The topological polar surface area (TPSA) is 55.1 Å². The number of carbonyl (C=O) groups excluding carboxylic acids is 1. The molecule has 1 fully saturated rings. The van der Waals surface area contributed by atoms with Crippen molar-refractivity contribution in [3.8, 4) is 0 Å². The van der Waals surface area contributed by atoms with E-state index >= 15 is 0 Å². The fourth-order valence-corrected chi connectivity index (χ4v) is 1.71. The van der Waals surface area contributed by atoms with Crippen LogP contribution in [0, 0.1) is 5.92 Å². The molecule has 0 bridgehead atoms. The SMILES string of the molecule is NC(=O)N[C@H]1CCC[C@H]1C(F)(F)F. The third-order valence-electron chi connectivity index (χ3n) is 2.26. The number of halogens is 3. The molecule has 1 aliphatic rings. The smallest absolute Gasteiger partial charge is 0.352 e. The Balaban J connectivity index is 2.59. The number of amides is 2. The molecule has 1 rings (SSSR count). The summed E-state index contributed by atoms with van der Waals surface area (Å²) in [5.74, 6) is -1.43. The quantitative estimate of drug-likeness (QED) is 0.654. The average Bonchev–Trinajstić information content (AvgIpc) is 2.31. The molecule has 0 aromatic heterocycles. The summed E-state index contributed by atoms with van der Waals surface area (Å²) in [5.41, 5.74) is 4.76. The highest BCUT2D eigenvalue weighted by Gasteiger charge is 2.47. The first-order valence-electron chi connectivity index (χ1n) is 4.04. The van der Waals surface area contributed by atoms with Crippen LogP contribution in [0.1, 0.15) is 19.3 Å². The van der Waals surface area contributed by atoms with Gasteiger partial charge >= 0.3 is 12.2 Å². The van der Waals surface area contributed by atoms with Gasteiger partial charge in [0.1, 0.15) is 0 Å². The monoisotopic (exact) mass is 196 g/mol. The van der Waals surface area contributed by atoms with Gasteiger partial charge < -0.3 is 11.1 Å². The van der Waals surface area contributed by atoms with Crippen LogP contribution in [-0.4, -0.2) is 18.2 Å². The second-order valence-electron chi connectivity index (χ2n) is 3.19. The molecule has 2 atom stereocenters. The van der Waals surface area contributed by atoms with E-state index in [4.69, 9.17) is 5.73 Å². The molecule has 3 N–H and O–H groups in total. The minimum Gasteiger partial charge on any atom is -0.352 e. The van der Waals surface area contributed by atoms with E-state index in [0.29, 0.717) is 12.8 Å². The number of rotatable bonds is 1. The van der Waals surface area contributed by atoms with Gasteiger partial charge in [0, 0.05) is 6.04 Å². The zero-order valence-corrected chi connectivity index (χ0v) is 6.90. The summed E-state index contributed by atoms with van der Waals surface area (Å²) in [5, 5.41) is 2.12. The molecule has 0 radical (unpaired) electrons. The van der Waals surface area contributed by atoms with Crippen LogP contribution in [0.3, 0.4) is 0 Å². The number of urea groups is 1. The predicted octanol–water partition coefficient (Wildman–Crippen LogP) is 1.39. The van der Waals surface area contributed by atoms with Crippen LogP contribution in [0.2, 0.25) is 0 Å². The first-order valence-corrected chi connectivity index (χ1v) is 4.04. The Morgan fingerprint density at radius 1 is 1.38 bits per heavy atom. The van der Waals surface area contributed by atoms with Gasteiger partial charge in [0.25, 0.3) is 0 Å². The maximum absolute atomic E-state index is 12.3. The van der Waals surface area contributed by atoms with Gasteiger partial charge in [-0.05, 0) is 12.8 Å². The summed E-state index contributed by atoms with van der Waals surface area (Å²) in [7, 11) is 0. The van der Waals surface area contributed by atoms with Crippen molar-refractivity contribution >= 4 is 6.03 Å². The van der Waals surface area contributed by atoms with Crippen molar-refractivity contribution in [2.75, 3.05) is 0 Å². The minimum atomic E-state index is -4.23. The van der Waals surface area contributed by atoms with Crippen molar-refractivity contribution in [1.29, 1.82) is 0 Å².